The van der Waals surface area contributed by atoms with Crippen LogP contribution in [-0.2, 0) is 24.1 Å². The van der Waals surface area contributed by atoms with Gasteiger partial charge in [-0.2, -0.15) is 16.8 Å². The quantitative estimate of drug-likeness (QED) is 0.795. The van der Waals surface area contributed by atoms with E-state index in [-0.39, 0.29) is 0 Å². The second-order valence-electron chi connectivity index (χ2n) is 3.74. The van der Waals surface area contributed by atoms with Gasteiger partial charge in [-0.3, -0.25) is 4.55 Å². The van der Waals surface area contributed by atoms with Crippen molar-refractivity contribution in [2.45, 2.75) is 19.3 Å². The summed E-state index contributed by atoms with van der Waals surface area (Å²) in [5.74, 6) is -0.897. The summed E-state index contributed by atoms with van der Waals surface area (Å²) in [6.07, 6.45) is 0.498. The van der Waals surface area contributed by atoms with E-state index < -0.39 is 32.2 Å². The van der Waals surface area contributed by atoms with Gasteiger partial charge in [0.15, 0.2) is 0 Å². The molecule has 1 aromatic rings. The third-order valence-electron chi connectivity index (χ3n) is 2.36. The second kappa shape index (κ2) is 5.79. The lowest BCUT2D eigenvalue weighted by Crippen LogP contribution is -2.20. The van der Waals surface area contributed by atoms with E-state index in [1.165, 1.54) is 0 Å². The third-order valence-corrected chi connectivity index (χ3v) is 4.69. The third kappa shape index (κ3) is 5.13. The Morgan fingerprint density at radius 1 is 1.17 bits per heavy atom. The average molecular weight is 294 g/mol. The average Bonchev–Trinajstić information content (AvgIpc) is 2.24. The van der Waals surface area contributed by atoms with Crippen molar-refractivity contribution < 1.29 is 25.0 Å². The largest absolute Gasteiger partial charge is 0.412 e. The Kier molecular flexibility index (Phi) is 4.85. The molecule has 1 aromatic carbocycles. The zero-order chi connectivity index (χ0) is 13.8. The van der Waals surface area contributed by atoms with Crippen molar-refractivity contribution in [3.63, 3.8) is 0 Å². The van der Waals surface area contributed by atoms with Crippen LogP contribution in [0.1, 0.15) is 24.8 Å². The maximum absolute atomic E-state index is 11.4. The highest BCUT2D eigenvalue weighted by atomic mass is 32.3. The smallest absolute Gasteiger partial charge is 0.263 e. The van der Waals surface area contributed by atoms with E-state index in [2.05, 4.69) is 3.63 Å². The zero-order valence-corrected chi connectivity index (χ0v) is 11.3. The molecule has 6 nitrogen and oxygen atoms in total. The van der Waals surface area contributed by atoms with E-state index in [1.807, 2.05) is 0 Å². The summed E-state index contributed by atoms with van der Waals surface area (Å²) >= 11 is 0. The molecule has 0 saturated carbocycles. The van der Waals surface area contributed by atoms with Crippen molar-refractivity contribution in [1.82, 2.24) is 0 Å². The fourth-order valence-corrected chi connectivity index (χ4v) is 3.77. The molecule has 0 heterocycles. The van der Waals surface area contributed by atoms with Crippen molar-refractivity contribution >= 4 is 20.5 Å². The summed E-state index contributed by atoms with van der Waals surface area (Å²) in [7, 11) is -9.34. The van der Waals surface area contributed by atoms with E-state index in [4.69, 9.17) is 4.55 Å². The maximum Gasteiger partial charge on any atom is 0.412 e. The second-order valence-corrected chi connectivity index (χ2v) is 6.58. The Balaban J connectivity index is 2.88. The van der Waals surface area contributed by atoms with Crippen LogP contribution in [-0.4, -0.2) is 27.1 Å². The number of benzene rings is 1. The molecule has 1 atom stereocenters. The Bertz CT molecular complexity index is 576. The molecule has 0 amide bonds. The standard InChI is InChI=1S/C10H14O6S2/c1-2-9(10-6-4-3-5-7-10)8-17(11,12)16-18(13,14)15/h3-7,9H,2,8H2,1H3,(H,13,14,15). The first-order chi connectivity index (χ1) is 8.23. The summed E-state index contributed by atoms with van der Waals surface area (Å²) in [6.45, 7) is 1.78. The van der Waals surface area contributed by atoms with Crippen molar-refractivity contribution in [2.75, 3.05) is 5.75 Å². The van der Waals surface area contributed by atoms with Gasteiger partial charge in [0.05, 0.1) is 5.75 Å². The summed E-state index contributed by atoms with van der Waals surface area (Å²) in [5.41, 5.74) is 0.766. The molecule has 0 aromatic heterocycles. The van der Waals surface area contributed by atoms with E-state index in [9.17, 15) is 16.8 Å². The topological polar surface area (TPSA) is 97.7 Å². The highest BCUT2D eigenvalue weighted by molar-refractivity contribution is 7.97. The Morgan fingerprint density at radius 2 is 1.72 bits per heavy atom. The lowest BCUT2D eigenvalue weighted by atomic mass is 9.99. The van der Waals surface area contributed by atoms with Crippen LogP contribution in [0.2, 0.25) is 0 Å². The molecule has 0 radical (unpaired) electrons. The highest BCUT2D eigenvalue weighted by Crippen LogP contribution is 2.22. The molecular weight excluding hydrogens is 280 g/mol. The number of hydrogen-bond donors (Lipinski definition) is 1. The highest BCUT2D eigenvalue weighted by Gasteiger charge is 2.25. The van der Waals surface area contributed by atoms with Gasteiger partial charge in [-0.25, -0.2) is 0 Å². The lowest BCUT2D eigenvalue weighted by Gasteiger charge is -2.14. The van der Waals surface area contributed by atoms with Crippen molar-refractivity contribution in [3.05, 3.63) is 35.9 Å². The Labute approximate surface area is 107 Å². The molecule has 0 aliphatic rings. The molecule has 1 rings (SSSR count). The van der Waals surface area contributed by atoms with Crippen molar-refractivity contribution in [1.29, 1.82) is 0 Å². The molecule has 8 heteroatoms. The summed E-state index contributed by atoms with van der Waals surface area (Å²) in [6, 6.07) is 8.80. The molecule has 0 aliphatic heterocycles. The predicted octanol–water partition coefficient (Wildman–Crippen LogP) is 1.33. The van der Waals surface area contributed by atoms with Gasteiger partial charge in [-0.05, 0) is 17.9 Å². The zero-order valence-electron chi connectivity index (χ0n) is 9.68. The van der Waals surface area contributed by atoms with Crippen molar-refractivity contribution in [3.8, 4) is 0 Å². The van der Waals surface area contributed by atoms with E-state index in [1.54, 1.807) is 37.3 Å². The van der Waals surface area contributed by atoms with Crippen LogP contribution >= 0.6 is 0 Å². The maximum atomic E-state index is 11.4. The number of rotatable bonds is 6. The molecule has 0 aliphatic carbocycles. The first-order valence-electron chi connectivity index (χ1n) is 5.19. The van der Waals surface area contributed by atoms with Crippen molar-refractivity contribution in [2.24, 2.45) is 0 Å². The van der Waals surface area contributed by atoms with E-state index in [0.29, 0.717) is 6.42 Å². The Hall–Kier alpha value is -0.960. The predicted molar refractivity (Wildman–Crippen MR) is 65.9 cm³/mol. The van der Waals surface area contributed by atoms with Gasteiger partial charge in [0.25, 0.3) is 10.1 Å². The summed E-state index contributed by atoms with van der Waals surface area (Å²) in [4.78, 5) is 0. The minimum absolute atomic E-state index is 0.391. The fraction of sp³-hybridized carbons (Fsp3) is 0.400. The van der Waals surface area contributed by atoms with Gasteiger partial charge < -0.3 is 0 Å². The van der Waals surface area contributed by atoms with Crippen LogP contribution in [0, 0.1) is 0 Å². The first-order valence-corrected chi connectivity index (χ1v) is 8.14. The van der Waals surface area contributed by atoms with Gasteiger partial charge in [0, 0.05) is 0 Å². The van der Waals surface area contributed by atoms with Crippen LogP contribution in [0.4, 0.5) is 0 Å². The molecule has 0 saturated heterocycles. The monoisotopic (exact) mass is 294 g/mol. The van der Waals surface area contributed by atoms with Crippen LogP contribution < -0.4 is 0 Å². The molecule has 18 heavy (non-hydrogen) atoms. The number of hydrogen-bond acceptors (Lipinski definition) is 5. The molecule has 1 N–H and O–H groups in total. The fourth-order valence-electron chi connectivity index (χ4n) is 1.58. The van der Waals surface area contributed by atoms with Gasteiger partial charge in [0.2, 0.25) is 0 Å². The first kappa shape index (κ1) is 15.1. The van der Waals surface area contributed by atoms with Crippen LogP contribution in [0.25, 0.3) is 0 Å². The van der Waals surface area contributed by atoms with Gasteiger partial charge in [0.1, 0.15) is 0 Å². The van der Waals surface area contributed by atoms with Gasteiger partial charge >= 0.3 is 10.4 Å². The normalized spacial score (nSPS) is 14.3. The minimum atomic E-state index is -5.01. The molecular formula is C10H14O6S2. The van der Waals surface area contributed by atoms with Gasteiger partial charge in [-0.1, -0.05) is 37.3 Å². The molecule has 1 unspecified atom stereocenters. The van der Waals surface area contributed by atoms with Crippen LogP contribution in [0.5, 0.6) is 0 Å². The van der Waals surface area contributed by atoms with E-state index >= 15 is 0 Å². The SMILES string of the molecule is CCC(CS(=O)(=O)OS(=O)(=O)O)c1ccccc1. The van der Waals surface area contributed by atoms with E-state index in [0.717, 1.165) is 5.56 Å². The van der Waals surface area contributed by atoms with Crippen LogP contribution in [0.3, 0.4) is 0 Å². The Morgan fingerprint density at radius 3 is 2.17 bits per heavy atom. The molecule has 0 fully saturated rings. The molecule has 102 valence electrons. The summed E-state index contributed by atoms with van der Waals surface area (Å²) in [5, 5.41) is 0. The minimum Gasteiger partial charge on any atom is -0.263 e. The van der Waals surface area contributed by atoms with Crippen LogP contribution in [0.15, 0.2) is 30.3 Å². The molecule has 0 spiro atoms. The van der Waals surface area contributed by atoms with Gasteiger partial charge in [-0.15, -0.1) is 3.63 Å². The summed E-state index contributed by atoms with van der Waals surface area (Å²) < 4.78 is 55.7. The lowest BCUT2D eigenvalue weighted by molar-refractivity contribution is 0.382. The molecule has 0 bridgehead atoms.